The summed E-state index contributed by atoms with van der Waals surface area (Å²) in [5.41, 5.74) is 1.53. The van der Waals surface area contributed by atoms with Crippen LogP contribution in [0.3, 0.4) is 0 Å². The van der Waals surface area contributed by atoms with Crippen molar-refractivity contribution in [1.29, 1.82) is 0 Å². The predicted molar refractivity (Wildman–Crippen MR) is 117 cm³/mol. The molecule has 0 bridgehead atoms. The Morgan fingerprint density at radius 3 is 2.26 bits per heavy atom. The third kappa shape index (κ3) is 4.12. The highest BCUT2D eigenvalue weighted by Crippen LogP contribution is 2.48. The molecule has 4 heteroatoms. The number of benzene rings is 2. The van der Waals surface area contributed by atoms with Crippen molar-refractivity contribution in [3.8, 4) is 0 Å². The van der Waals surface area contributed by atoms with Gasteiger partial charge < -0.3 is 0 Å². The molecule has 0 radical (unpaired) electrons. The van der Waals surface area contributed by atoms with Gasteiger partial charge in [-0.05, 0) is 42.9 Å². The van der Waals surface area contributed by atoms with Crippen LogP contribution in [0.15, 0.2) is 72.1 Å². The van der Waals surface area contributed by atoms with Crippen LogP contribution in [0.1, 0.15) is 18.4 Å². The van der Waals surface area contributed by atoms with Crippen LogP contribution >= 0.6 is 0 Å². The van der Waals surface area contributed by atoms with Crippen molar-refractivity contribution in [2.75, 3.05) is 5.75 Å². The maximum absolute atomic E-state index is 13.2. The summed E-state index contributed by atoms with van der Waals surface area (Å²) in [5, 5.41) is 1.41. The Bertz CT molecular complexity index is 886. The van der Waals surface area contributed by atoms with E-state index >= 15 is 0 Å². The Labute approximate surface area is 165 Å². The molecular weight excluding hydrogens is 368 g/mol. The molecule has 0 heterocycles. The Kier molecular flexibility index (Phi) is 5.78. The van der Waals surface area contributed by atoms with E-state index in [2.05, 4.69) is 50.0 Å². The van der Waals surface area contributed by atoms with Crippen LogP contribution in [0.25, 0.3) is 0 Å². The number of rotatable bonds is 6. The van der Waals surface area contributed by atoms with Gasteiger partial charge in [-0.1, -0.05) is 78.8 Å². The first-order valence-corrected chi connectivity index (χ1v) is 14.5. The zero-order valence-corrected chi connectivity index (χ0v) is 18.4. The van der Waals surface area contributed by atoms with Crippen molar-refractivity contribution in [2.24, 2.45) is 11.8 Å². The van der Waals surface area contributed by atoms with E-state index in [0.29, 0.717) is 10.4 Å². The van der Waals surface area contributed by atoms with Gasteiger partial charge in [-0.3, -0.25) is 0 Å². The zero-order chi connectivity index (χ0) is 19.7. The summed E-state index contributed by atoms with van der Waals surface area (Å²) in [6, 6.07) is 17.9. The SMILES string of the molecule is C=C[C@@H]1CC[C@H]([Si](C)(C)c2ccccc2)[C@H]1CS(=O)(=O)c1ccc(C)cc1. The van der Waals surface area contributed by atoms with Gasteiger partial charge in [-0.25, -0.2) is 8.42 Å². The van der Waals surface area contributed by atoms with Gasteiger partial charge in [0.15, 0.2) is 9.84 Å². The molecule has 3 atom stereocenters. The molecule has 0 spiro atoms. The minimum Gasteiger partial charge on any atom is -0.224 e. The first kappa shape index (κ1) is 20.1. The van der Waals surface area contributed by atoms with Gasteiger partial charge in [0.05, 0.1) is 18.7 Å². The summed E-state index contributed by atoms with van der Waals surface area (Å²) in [7, 11) is -5.09. The summed E-state index contributed by atoms with van der Waals surface area (Å²) in [6.07, 6.45) is 4.13. The normalized spacial score (nSPS) is 23.3. The molecule has 2 nitrogen and oxygen atoms in total. The highest BCUT2D eigenvalue weighted by molar-refractivity contribution is 7.91. The number of aryl methyl sites for hydroxylation is 1. The van der Waals surface area contributed by atoms with Crippen molar-refractivity contribution in [2.45, 2.75) is 43.3 Å². The smallest absolute Gasteiger partial charge is 0.178 e. The Balaban J connectivity index is 1.92. The maximum Gasteiger partial charge on any atom is 0.178 e. The molecule has 1 saturated carbocycles. The summed E-state index contributed by atoms with van der Waals surface area (Å²) in [4.78, 5) is 0.445. The van der Waals surface area contributed by atoms with E-state index in [-0.39, 0.29) is 17.6 Å². The van der Waals surface area contributed by atoms with Crippen LogP contribution in [0.5, 0.6) is 0 Å². The predicted octanol–water partition coefficient (Wildman–Crippen LogP) is 4.97. The average Bonchev–Trinajstić information content (AvgIpc) is 3.05. The Morgan fingerprint density at radius 2 is 1.67 bits per heavy atom. The number of hydrogen-bond acceptors (Lipinski definition) is 2. The molecule has 1 fully saturated rings. The lowest BCUT2D eigenvalue weighted by molar-refractivity contribution is 0.488. The minimum absolute atomic E-state index is 0.149. The molecule has 1 aliphatic rings. The van der Waals surface area contributed by atoms with Crippen LogP contribution in [-0.4, -0.2) is 22.2 Å². The van der Waals surface area contributed by atoms with E-state index in [1.165, 1.54) is 5.19 Å². The Hall–Kier alpha value is -1.65. The number of hydrogen-bond donors (Lipinski definition) is 0. The summed E-state index contributed by atoms with van der Waals surface area (Å²) in [5.74, 6) is 0.655. The highest BCUT2D eigenvalue weighted by atomic mass is 32.2. The van der Waals surface area contributed by atoms with Gasteiger partial charge in [-0.15, -0.1) is 6.58 Å². The molecule has 3 rings (SSSR count). The maximum atomic E-state index is 13.2. The van der Waals surface area contributed by atoms with Crippen molar-refractivity contribution >= 4 is 23.1 Å². The summed E-state index contributed by atoms with van der Waals surface area (Å²) >= 11 is 0. The second kappa shape index (κ2) is 7.76. The lowest BCUT2D eigenvalue weighted by Gasteiger charge is -2.35. The fourth-order valence-electron chi connectivity index (χ4n) is 4.70. The lowest BCUT2D eigenvalue weighted by atomic mass is 9.98. The van der Waals surface area contributed by atoms with Crippen LogP contribution < -0.4 is 5.19 Å². The fraction of sp³-hybridized carbons (Fsp3) is 0.391. The third-order valence-electron chi connectivity index (χ3n) is 6.42. The Morgan fingerprint density at radius 1 is 1.04 bits per heavy atom. The van der Waals surface area contributed by atoms with Crippen molar-refractivity contribution in [3.05, 3.63) is 72.8 Å². The zero-order valence-electron chi connectivity index (χ0n) is 16.6. The lowest BCUT2D eigenvalue weighted by Crippen LogP contribution is -2.48. The van der Waals surface area contributed by atoms with Gasteiger partial charge in [0.2, 0.25) is 0 Å². The van der Waals surface area contributed by atoms with Crippen LogP contribution in [0.2, 0.25) is 18.6 Å². The highest BCUT2D eigenvalue weighted by Gasteiger charge is 2.46. The van der Waals surface area contributed by atoms with Gasteiger partial charge in [0.25, 0.3) is 0 Å². The topological polar surface area (TPSA) is 34.1 Å². The van der Waals surface area contributed by atoms with Crippen molar-refractivity contribution < 1.29 is 8.42 Å². The molecule has 0 aromatic heterocycles. The molecule has 2 aromatic rings. The standard InChI is InChI=1S/C23H30O2SSi/c1-5-19-13-16-23(27(3,4)21-9-7-6-8-10-21)22(19)17-26(24,25)20-14-11-18(2)12-15-20/h5-12,14-15,19,22-23H,1,13,16-17H2,2-4H3/t19-,22+,23+/m1/s1. The quantitative estimate of drug-likeness (QED) is 0.509. The molecule has 27 heavy (non-hydrogen) atoms. The summed E-state index contributed by atoms with van der Waals surface area (Å²) in [6.45, 7) is 10.8. The van der Waals surface area contributed by atoms with E-state index < -0.39 is 17.9 Å². The molecule has 1 aliphatic carbocycles. The minimum atomic E-state index is -3.30. The monoisotopic (exact) mass is 398 g/mol. The average molecular weight is 399 g/mol. The summed E-state index contributed by atoms with van der Waals surface area (Å²) < 4.78 is 26.3. The van der Waals surface area contributed by atoms with Crippen molar-refractivity contribution in [1.82, 2.24) is 0 Å². The van der Waals surface area contributed by atoms with Gasteiger partial charge >= 0.3 is 0 Å². The van der Waals surface area contributed by atoms with Gasteiger partial charge in [-0.2, -0.15) is 0 Å². The van der Waals surface area contributed by atoms with E-state index in [1.807, 2.05) is 25.1 Å². The second-order valence-electron chi connectivity index (χ2n) is 8.43. The molecule has 0 saturated heterocycles. The fourth-order valence-corrected chi connectivity index (χ4v) is 10.4. The number of sulfone groups is 1. The van der Waals surface area contributed by atoms with Gasteiger partial charge in [0, 0.05) is 0 Å². The molecule has 2 aromatic carbocycles. The largest absolute Gasteiger partial charge is 0.224 e. The molecule has 0 amide bonds. The molecule has 0 aliphatic heterocycles. The molecular formula is C23H30O2SSi. The van der Waals surface area contributed by atoms with Gasteiger partial charge in [0.1, 0.15) is 0 Å². The molecule has 0 unspecified atom stereocenters. The van der Waals surface area contributed by atoms with E-state index in [1.54, 1.807) is 12.1 Å². The van der Waals surface area contributed by atoms with E-state index in [9.17, 15) is 8.42 Å². The van der Waals surface area contributed by atoms with Crippen LogP contribution in [-0.2, 0) is 9.84 Å². The number of allylic oxidation sites excluding steroid dienone is 1. The second-order valence-corrected chi connectivity index (χ2v) is 15.2. The first-order valence-electron chi connectivity index (χ1n) is 9.73. The third-order valence-corrected chi connectivity index (χ3v) is 12.6. The first-order chi connectivity index (χ1) is 12.8. The molecule has 144 valence electrons. The van der Waals surface area contributed by atoms with E-state index in [0.717, 1.165) is 18.4 Å². The van der Waals surface area contributed by atoms with E-state index in [4.69, 9.17) is 0 Å². The molecule has 0 N–H and O–H groups in total. The van der Waals surface area contributed by atoms with Crippen LogP contribution in [0.4, 0.5) is 0 Å². The van der Waals surface area contributed by atoms with Crippen molar-refractivity contribution in [3.63, 3.8) is 0 Å². The van der Waals surface area contributed by atoms with Crippen LogP contribution in [0, 0.1) is 18.8 Å².